The summed E-state index contributed by atoms with van der Waals surface area (Å²) < 4.78 is 1.83. The van der Waals surface area contributed by atoms with Gasteiger partial charge in [0.05, 0.1) is 12.2 Å². The van der Waals surface area contributed by atoms with E-state index in [2.05, 4.69) is 10.3 Å². The zero-order valence-electron chi connectivity index (χ0n) is 10.5. The maximum Gasteiger partial charge on any atom is 0.152 e. The third-order valence-corrected chi connectivity index (χ3v) is 2.67. The topological polar surface area (TPSA) is 47.8 Å². The molecule has 0 aliphatic carbocycles. The van der Waals surface area contributed by atoms with Crippen LogP contribution in [-0.4, -0.2) is 20.8 Å². The van der Waals surface area contributed by atoms with E-state index in [0.29, 0.717) is 6.54 Å². The Balaban J connectivity index is 2.18. The van der Waals surface area contributed by atoms with Crippen molar-refractivity contribution in [2.24, 2.45) is 0 Å². The summed E-state index contributed by atoms with van der Waals surface area (Å²) in [5.41, 5.74) is 2.87. The predicted octanol–water partition coefficient (Wildman–Crippen LogP) is 2.24. The first kappa shape index (κ1) is 12.2. The van der Waals surface area contributed by atoms with Gasteiger partial charge in [-0.3, -0.25) is 4.79 Å². The fourth-order valence-corrected chi connectivity index (χ4v) is 1.63. The van der Waals surface area contributed by atoms with E-state index in [1.54, 1.807) is 6.08 Å². The monoisotopic (exact) mass is 241 g/mol. The van der Waals surface area contributed by atoms with Gasteiger partial charge in [0, 0.05) is 0 Å². The third-order valence-electron chi connectivity index (χ3n) is 2.67. The van der Waals surface area contributed by atoms with Gasteiger partial charge in [-0.1, -0.05) is 35.5 Å². The second-order valence-corrected chi connectivity index (χ2v) is 4.15. The molecule has 0 atom stereocenters. The van der Waals surface area contributed by atoms with Crippen LogP contribution in [0.5, 0.6) is 0 Å². The number of hydrogen-bond acceptors (Lipinski definition) is 3. The van der Waals surface area contributed by atoms with Gasteiger partial charge >= 0.3 is 0 Å². The van der Waals surface area contributed by atoms with Gasteiger partial charge in [-0.05, 0) is 31.6 Å². The molecule has 0 saturated carbocycles. The molecule has 1 aromatic heterocycles. The molecule has 0 amide bonds. The number of aromatic nitrogens is 3. The van der Waals surface area contributed by atoms with Crippen LogP contribution < -0.4 is 0 Å². The van der Waals surface area contributed by atoms with Crippen LogP contribution in [0.25, 0.3) is 6.08 Å². The molecule has 92 valence electrons. The second-order valence-electron chi connectivity index (χ2n) is 4.15. The number of benzene rings is 1. The maximum absolute atomic E-state index is 10.9. The lowest BCUT2D eigenvalue weighted by Crippen LogP contribution is -2.03. The summed E-state index contributed by atoms with van der Waals surface area (Å²) in [6.45, 7) is 4.15. The van der Waals surface area contributed by atoms with Gasteiger partial charge in [-0.15, -0.1) is 5.10 Å². The van der Waals surface area contributed by atoms with Crippen LogP contribution in [0.3, 0.4) is 0 Å². The predicted molar refractivity (Wildman–Crippen MR) is 70.0 cm³/mol. The molecule has 0 fully saturated rings. The number of carbonyl (C=O) groups is 1. The van der Waals surface area contributed by atoms with Crippen molar-refractivity contribution in [2.45, 2.75) is 20.4 Å². The molecule has 2 aromatic rings. The zero-order valence-corrected chi connectivity index (χ0v) is 10.5. The fraction of sp³-hybridized carbons (Fsp3) is 0.214. The van der Waals surface area contributed by atoms with Gasteiger partial charge in [0.1, 0.15) is 5.69 Å². The smallest absolute Gasteiger partial charge is 0.152 e. The zero-order chi connectivity index (χ0) is 13.0. The Hall–Kier alpha value is -2.23. The molecular formula is C14H15N3O. The molecule has 0 N–H and O–H groups in total. The number of carbonyl (C=O) groups excluding carboxylic acids is 1. The van der Waals surface area contributed by atoms with Crippen molar-refractivity contribution in [2.75, 3.05) is 0 Å². The van der Waals surface area contributed by atoms with E-state index in [9.17, 15) is 4.79 Å². The Kier molecular flexibility index (Phi) is 3.67. The van der Waals surface area contributed by atoms with Crippen LogP contribution in [0, 0.1) is 6.92 Å². The molecule has 1 heterocycles. The number of nitrogens with zero attached hydrogens (tertiary/aromatic N) is 3. The van der Waals surface area contributed by atoms with E-state index < -0.39 is 0 Å². The maximum atomic E-state index is 10.9. The Labute approximate surface area is 106 Å². The molecule has 0 bridgehead atoms. The van der Waals surface area contributed by atoms with Gasteiger partial charge in [0.25, 0.3) is 0 Å². The minimum Gasteiger partial charge on any atom is -0.295 e. The van der Waals surface area contributed by atoms with E-state index in [1.807, 2.05) is 41.9 Å². The van der Waals surface area contributed by atoms with Gasteiger partial charge in [-0.25, -0.2) is 4.68 Å². The van der Waals surface area contributed by atoms with Crippen molar-refractivity contribution in [3.05, 3.63) is 53.4 Å². The summed E-state index contributed by atoms with van der Waals surface area (Å²) in [7, 11) is 0. The highest BCUT2D eigenvalue weighted by atomic mass is 16.1. The highest BCUT2D eigenvalue weighted by Gasteiger charge is 2.06. The van der Waals surface area contributed by atoms with E-state index in [4.69, 9.17) is 0 Å². The summed E-state index contributed by atoms with van der Waals surface area (Å²) in [5, 5.41) is 8.15. The Bertz CT molecular complexity index is 570. The summed E-state index contributed by atoms with van der Waals surface area (Å²) >= 11 is 0. The van der Waals surface area contributed by atoms with Gasteiger partial charge in [0.15, 0.2) is 5.78 Å². The Morgan fingerprint density at radius 1 is 1.33 bits per heavy atom. The van der Waals surface area contributed by atoms with E-state index in [1.165, 1.54) is 18.6 Å². The largest absolute Gasteiger partial charge is 0.295 e. The molecule has 4 heteroatoms. The summed E-state index contributed by atoms with van der Waals surface area (Å²) in [4.78, 5) is 10.9. The lowest BCUT2D eigenvalue weighted by atomic mass is 10.2. The molecule has 0 spiro atoms. The van der Waals surface area contributed by atoms with Crippen LogP contribution in [0.2, 0.25) is 0 Å². The van der Waals surface area contributed by atoms with Crippen LogP contribution in [0.15, 0.2) is 36.4 Å². The normalized spacial score (nSPS) is 11.0. The van der Waals surface area contributed by atoms with Crippen LogP contribution in [-0.2, 0) is 11.3 Å². The first-order valence-electron chi connectivity index (χ1n) is 5.79. The average Bonchev–Trinajstić information content (AvgIpc) is 2.70. The van der Waals surface area contributed by atoms with Gasteiger partial charge < -0.3 is 0 Å². The lowest BCUT2D eigenvalue weighted by molar-refractivity contribution is -0.112. The van der Waals surface area contributed by atoms with E-state index in [-0.39, 0.29) is 5.78 Å². The molecule has 1 aromatic carbocycles. The van der Waals surface area contributed by atoms with Crippen molar-refractivity contribution in [1.82, 2.24) is 15.0 Å². The van der Waals surface area contributed by atoms with Crippen molar-refractivity contribution >= 4 is 11.9 Å². The molecule has 0 unspecified atom stereocenters. The summed E-state index contributed by atoms with van der Waals surface area (Å²) in [6.07, 6.45) is 3.20. The number of rotatable bonds is 4. The molecule has 2 rings (SSSR count). The molecule has 0 saturated heterocycles. The second kappa shape index (κ2) is 5.40. The SMILES string of the molecule is CC(=O)/C=C/c1nnn(Cc2ccccc2)c1C. The Morgan fingerprint density at radius 2 is 2.06 bits per heavy atom. The minimum absolute atomic E-state index is 0.00649. The molecular weight excluding hydrogens is 226 g/mol. The lowest BCUT2D eigenvalue weighted by Gasteiger charge is -2.02. The first-order chi connectivity index (χ1) is 8.66. The van der Waals surface area contributed by atoms with Crippen molar-refractivity contribution < 1.29 is 4.79 Å². The molecule has 0 aliphatic rings. The quantitative estimate of drug-likeness (QED) is 0.771. The Morgan fingerprint density at radius 3 is 2.72 bits per heavy atom. The number of allylic oxidation sites excluding steroid dienone is 1. The number of hydrogen-bond donors (Lipinski definition) is 0. The highest BCUT2D eigenvalue weighted by molar-refractivity contribution is 5.91. The molecule has 0 radical (unpaired) electrons. The van der Waals surface area contributed by atoms with Crippen LogP contribution in [0.1, 0.15) is 23.9 Å². The first-order valence-corrected chi connectivity index (χ1v) is 5.79. The van der Waals surface area contributed by atoms with Crippen LogP contribution in [0.4, 0.5) is 0 Å². The fourth-order valence-electron chi connectivity index (χ4n) is 1.63. The highest BCUT2D eigenvalue weighted by Crippen LogP contribution is 2.09. The van der Waals surface area contributed by atoms with E-state index in [0.717, 1.165) is 11.4 Å². The van der Waals surface area contributed by atoms with Crippen molar-refractivity contribution in [1.29, 1.82) is 0 Å². The van der Waals surface area contributed by atoms with Crippen molar-refractivity contribution in [3.63, 3.8) is 0 Å². The molecule has 0 aliphatic heterocycles. The average molecular weight is 241 g/mol. The summed E-state index contributed by atoms with van der Waals surface area (Å²) in [5.74, 6) is 0.00649. The van der Waals surface area contributed by atoms with Crippen molar-refractivity contribution in [3.8, 4) is 0 Å². The number of ketones is 1. The van der Waals surface area contributed by atoms with Crippen LogP contribution >= 0.6 is 0 Å². The minimum atomic E-state index is 0.00649. The standard InChI is InChI=1S/C14H15N3O/c1-11(18)8-9-14-12(2)17(16-15-14)10-13-6-4-3-5-7-13/h3-9H,10H2,1-2H3/b9-8+. The third kappa shape index (κ3) is 2.91. The van der Waals surface area contributed by atoms with Gasteiger partial charge in [0.2, 0.25) is 0 Å². The summed E-state index contributed by atoms with van der Waals surface area (Å²) in [6, 6.07) is 10.1. The molecule has 4 nitrogen and oxygen atoms in total. The van der Waals surface area contributed by atoms with E-state index >= 15 is 0 Å². The van der Waals surface area contributed by atoms with Gasteiger partial charge in [-0.2, -0.15) is 0 Å². The molecule has 18 heavy (non-hydrogen) atoms.